The molecular weight excluding hydrogens is 282 g/mol. The van der Waals surface area contributed by atoms with Gasteiger partial charge in [0.15, 0.2) is 0 Å². The van der Waals surface area contributed by atoms with E-state index < -0.39 is 0 Å². The van der Waals surface area contributed by atoms with E-state index in [4.69, 9.17) is 0 Å². The van der Waals surface area contributed by atoms with Gasteiger partial charge in [0.1, 0.15) is 13.1 Å². The molecule has 2 aromatic rings. The second-order valence-corrected chi connectivity index (χ2v) is 6.05. The lowest BCUT2D eigenvalue weighted by atomic mass is 10.1. The van der Waals surface area contributed by atoms with Crippen LogP contribution in [-0.4, -0.2) is 16.9 Å². The lowest BCUT2D eigenvalue weighted by Gasteiger charge is -2.35. The first kappa shape index (κ1) is 17.2. The third-order valence-corrected chi connectivity index (χ3v) is 4.24. The lowest BCUT2D eigenvalue weighted by Crippen LogP contribution is -2.51. The quantitative estimate of drug-likeness (QED) is 0.509. The van der Waals surface area contributed by atoms with E-state index in [0.29, 0.717) is 17.6 Å². The van der Waals surface area contributed by atoms with Gasteiger partial charge in [-0.1, -0.05) is 80.6 Å². The van der Waals surface area contributed by atoms with Crippen LogP contribution in [-0.2, 0) is 17.9 Å². The van der Waals surface area contributed by atoms with Gasteiger partial charge in [0, 0.05) is 17.2 Å². The highest BCUT2D eigenvalue weighted by Crippen LogP contribution is 2.22. The van der Waals surface area contributed by atoms with E-state index in [-0.39, 0.29) is 5.91 Å². The Bertz CT molecular complexity index is 577. The molecule has 2 rings (SSSR count). The molecule has 23 heavy (non-hydrogen) atoms. The molecule has 0 spiro atoms. The number of hydrogen-bond acceptors (Lipinski definition) is 1. The van der Waals surface area contributed by atoms with Crippen LogP contribution in [0.3, 0.4) is 0 Å². The van der Waals surface area contributed by atoms with Crippen molar-refractivity contribution < 1.29 is 9.28 Å². The molecule has 2 heteroatoms. The van der Waals surface area contributed by atoms with E-state index in [1.54, 1.807) is 0 Å². The number of carbonyl (C=O) groups is 1. The van der Waals surface area contributed by atoms with Gasteiger partial charge < -0.3 is 0 Å². The Morgan fingerprint density at radius 2 is 1.43 bits per heavy atom. The summed E-state index contributed by atoms with van der Waals surface area (Å²) in [5, 5.41) is 0. The average Bonchev–Trinajstić information content (AvgIpc) is 2.60. The SMILES string of the molecule is C=CC(=O)[N+](CCCC)(Cc1ccccc1)Cc1ccccc1. The Kier molecular flexibility index (Phi) is 6.30. The number of benzene rings is 2. The Balaban J connectivity index is 2.36. The van der Waals surface area contributed by atoms with Crippen LogP contribution in [0.15, 0.2) is 73.3 Å². The summed E-state index contributed by atoms with van der Waals surface area (Å²) in [6.45, 7) is 8.17. The largest absolute Gasteiger partial charge is 0.338 e. The van der Waals surface area contributed by atoms with E-state index in [2.05, 4.69) is 37.8 Å². The molecule has 0 saturated carbocycles. The van der Waals surface area contributed by atoms with E-state index in [0.717, 1.165) is 19.4 Å². The third-order valence-electron chi connectivity index (χ3n) is 4.24. The van der Waals surface area contributed by atoms with Crippen molar-refractivity contribution in [2.24, 2.45) is 0 Å². The van der Waals surface area contributed by atoms with Crippen LogP contribution in [0.1, 0.15) is 30.9 Å². The maximum atomic E-state index is 12.8. The van der Waals surface area contributed by atoms with Crippen molar-refractivity contribution in [1.29, 1.82) is 0 Å². The van der Waals surface area contributed by atoms with Gasteiger partial charge in [0.25, 0.3) is 0 Å². The second kappa shape index (κ2) is 8.44. The van der Waals surface area contributed by atoms with Gasteiger partial charge in [-0.25, -0.2) is 9.28 Å². The van der Waals surface area contributed by atoms with Crippen LogP contribution in [0, 0.1) is 0 Å². The smallest absolute Gasteiger partial charge is 0.249 e. The molecule has 0 fully saturated rings. The van der Waals surface area contributed by atoms with Crippen molar-refractivity contribution in [3.05, 3.63) is 84.4 Å². The fraction of sp³-hybridized carbons (Fsp3) is 0.286. The predicted molar refractivity (Wildman–Crippen MR) is 95.5 cm³/mol. The topological polar surface area (TPSA) is 17.1 Å². The number of rotatable bonds is 8. The first-order valence-electron chi connectivity index (χ1n) is 8.31. The molecule has 0 saturated heterocycles. The van der Waals surface area contributed by atoms with Crippen molar-refractivity contribution in [2.45, 2.75) is 32.9 Å². The number of quaternary nitrogens is 1. The predicted octanol–water partition coefficient (Wildman–Crippen LogP) is 4.72. The van der Waals surface area contributed by atoms with Gasteiger partial charge in [0.05, 0.1) is 6.54 Å². The highest BCUT2D eigenvalue weighted by atomic mass is 16.2. The molecule has 1 amide bonds. The minimum Gasteiger partial charge on any atom is -0.249 e. The zero-order valence-electron chi connectivity index (χ0n) is 13.9. The average molecular weight is 308 g/mol. The molecule has 2 aromatic carbocycles. The fourth-order valence-corrected chi connectivity index (χ4v) is 3.00. The Hall–Kier alpha value is -2.19. The second-order valence-electron chi connectivity index (χ2n) is 6.05. The first-order valence-corrected chi connectivity index (χ1v) is 8.31. The first-order chi connectivity index (χ1) is 11.2. The molecule has 0 aliphatic carbocycles. The summed E-state index contributed by atoms with van der Waals surface area (Å²) in [7, 11) is 0. The van der Waals surface area contributed by atoms with Crippen molar-refractivity contribution in [3.8, 4) is 0 Å². The van der Waals surface area contributed by atoms with Gasteiger partial charge in [-0.15, -0.1) is 0 Å². The molecule has 0 aliphatic heterocycles. The summed E-state index contributed by atoms with van der Waals surface area (Å²) in [5.41, 5.74) is 2.38. The summed E-state index contributed by atoms with van der Waals surface area (Å²) in [6.07, 6.45) is 3.59. The number of nitrogens with zero attached hydrogens (tertiary/aromatic N) is 1. The minimum atomic E-state index is 0.103. The van der Waals surface area contributed by atoms with Crippen LogP contribution in [0.2, 0.25) is 0 Å². The number of amides is 1. The summed E-state index contributed by atoms with van der Waals surface area (Å²) >= 11 is 0. The molecule has 2 nitrogen and oxygen atoms in total. The molecule has 0 heterocycles. The fourth-order valence-electron chi connectivity index (χ4n) is 3.00. The normalized spacial score (nSPS) is 11.2. The van der Waals surface area contributed by atoms with Crippen molar-refractivity contribution in [2.75, 3.05) is 6.54 Å². The molecule has 0 unspecified atom stereocenters. The standard InChI is InChI=1S/C21H26NO/c1-3-5-16-22(21(23)4-2,17-19-12-8-6-9-13-19)18-20-14-10-7-11-15-20/h4,6-15H,2-3,5,16-18H2,1H3/q+1. The zero-order valence-corrected chi connectivity index (χ0v) is 13.9. The number of hydrogen-bond donors (Lipinski definition) is 0. The number of carbonyl (C=O) groups excluding carboxylic acids is 1. The van der Waals surface area contributed by atoms with Crippen LogP contribution in [0.25, 0.3) is 0 Å². The van der Waals surface area contributed by atoms with Crippen LogP contribution in [0.5, 0.6) is 0 Å². The van der Waals surface area contributed by atoms with Crippen molar-refractivity contribution in [1.82, 2.24) is 0 Å². The van der Waals surface area contributed by atoms with Crippen LogP contribution in [0.4, 0.5) is 0 Å². The van der Waals surface area contributed by atoms with E-state index >= 15 is 0 Å². The molecule has 120 valence electrons. The van der Waals surface area contributed by atoms with Crippen molar-refractivity contribution in [3.63, 3.8) is 0 Å². The van der Waals surface area contributed by atoms with Gasteiger partial charge >= 0.3 is 5.91 Å². The van der Waals surface area contributed by atoms with Gasteiger partial charge in [-0.05, 0) is 6.42 Å². The van der Waals surface area contributed by atoms with Gasteiger partial charge in [-0.2, -0.15) is 0 Å². The minimum absolute atomic E-state index is 0.103. The summed E-state index contributed by atoms with van der Waals surface area (Å²) in [5.74, 6) is 0.103. The highest BCUT2D eigenvalue weighted by molar-refractivity contribution is 5.80. The molecular formula is C21H26NO+. The van der Waals surface area contributed by atoms with Gasteiger partial charge in [0.2, 0.25) is 0 Å². The monoisotopic (exact) mass is 308 g/mol. The van der Waals surface area contributed by atoms with Crippen LogP contribution < -0.4 is 0 Å². The Labute approximate surface area is 139 Å². The summed E-state index contributed by atoms with van der Waals surface area (Å²) in [4.78, 5) is 12.8. The van der Waals surface area contributed by atoms with Gasteiger partial charge in [-0.3, -0.25) is 0 Å². The molecule has 0 aliphatic rings. The molecule has 0 atom stereocenters. The third kappa shape index (κ3) is 4.64. The zero-order chi connectivity index (χ0) is 16.5. The molecule has 0 N–H and O–H groups in total. The Morgan fingerprint density at radius 1 is 0.957 bits per heavy atom. The number of unbranched alkanes of at least 4 members (excludes halogenated alkanes) is 1. The van der Waals surface area contributed by atoms with Crippen molar-refractivity contribution >= 4 is 5.91 Å². The summed E-state index contributed by atoms with van der Waals surface area (Å²) < 4.78 is 0.408. The molecule has 0 radical (unpaired) electrons. The van der Waals surface area contributed by atoms with Crippen LogP contribution >= 0.6 is 0 Å². The summed E-state index contributed by atoms with van der Waals surface area (Å²) in [6, 6.07) is 20.5. The van der Waals surface area contributed by atoms with E-state index in [1.165, 1.54) is 17.2 Å². The molecule has 0 bridgehead atoms. The lowest BCUT2D eigenvalue weighted by molar-refractivity contribution is -0.879. The molecule has 0 aromatic heterocycles. The maximum absolute atomic E-state index is 12.8. The van der Waals surface area contributed by atoms with E-state index in [1.807, 2.05) is 36.4 Å². The highest BCUT2D eigenvalue weighted by Gasteiger charge is 2.34. The Morgan fingerprint density at radius 3 is 1.83 bits per heavy atom. The maximum Gasteiger partial charge on any atom is 0.338 e. The van der Waals surface area contributed by atoms with E-state index in [9.17, 15) is 4.79 Å².